The number of cyclic esters (lactones) is 1. The highest BCUT2D eigenvalue weighted by atomic mass is 16.7. The third kappa shape index (κ3) is 4.50. The van der Waals surface area contributed by atoms with Crippen molar-refractivity contribution in [2.24, 2.45) is 11.8 Å². The first kappa shape index (κ1) is 27.3. The van der Waals surface area contributed by atoms with Crippen LogP contribution in [0.1, 0.15) is 46.0 Å². The van der Waals surface area contributed by atoms with Crippen LogP contribution in [0.15, 0.2) is 48.5 Å². The number of fused-ring (bicyclic) bond motifs is 3. The van der Waals surface area contributed by atoms with E-state index in [0.29, 0.717) is 45.4 Å². The Morgan fingerprint density at radius 2 is 1.50 bits per heavy atom. The van der Waals surface area contributed by atoms with Gasteiger partial charge < -0.3 is 37.9 Å². The monoisotopic (exact) mass is 576 g/mol. The third-order valence-corrected chi connectivity index (χ3v) is 7.76. The molecule has 0 bridgehead atoms. The fourth-order valence-electron chi connectivity index (χ4n) is 6.00. The minimum Gasteiger partial charge on any atom is -0.493 e. The van der Waals surface area contributed by atoms with Crippen LogP contribution in [-0.2, 0) is 19.1 Å². The number of rotatable bonds is 7. The zero-order chi connectivity index (χ0) is 29.5. The molecule has 6 rings (SSSR count). The Bertz CT molecular complexity index is 1550. The van der Waals surface area contributed by atoms with Gasteiger partial charge in [-0.2, -0.15) is 0 Å². The van der Waals surface area contributed by atoms with Gasteiger partial charge in [-0.25, -0.2) is 4.79 Å². The molecule has 0 radical (unpaired) electrons. The van der Waals surface area contributed by atoms with Crippen LogP contribution in [0.4, 0.5) is 0 Å². The zero-order valence-corrected chi connectivity index (χ0v) is 23.3. The number of carbonyl (C=O) groups excluding carboxylic acids is 3. The van der Waals surface area contributed by atoms with E-state index in [2.05, 4.69) is 0 Å². The summed E-state index contributed by atoms with van der Waals surface area (Å²) in [4.78, 5) is 38.6. The molecule has 1 fully saturated rings. The quantitative estimate of drug-likeness (QED) is 0.297. The van der Waals surface area contributed by atoms with E-state index in [-0.39, 0.29) is 24.7 Å². The van der Waals surface area contributed by atoms with Crippen LogP contribution in [0.3, 0.4) is 0 Å². The second kappa shape index (κ2) is 10.8. The zero-order valence-electron chi connectivity index (χ0n) is 23.3. The summed E-state index contributed by atoms with van der Waals surface area (Å²) in [5.74, 6) is -1.20. The van der Waals surface area contributed by atoms with E-state index in [1.807, 2.05) is 0 Å². The summed E-state index contributed by atoms with van der Waals surface area (Å²) in [7, 11) is 4.55. The molecule has 2 aliphatic heterocycles. The molecule has 3 aliphatic rings. The molecular weight excluding hydrogens is 548 g/mol. The minimum atomic E-state index is -0.887. The second-order valence-electron chi connectivity index (χ2n) is 10.0. The van der Waals surface area contributed by atoms with Crippen molar-refractivity contribution in [3.05, 3.63) is 70.8 Å². The molecule has 1 aliphatic carbocycles. The van der Waals surface area contributed by atoms with Crippen molar-refractivity contribution in [2.45, 2.75) is 18.9 Å². The van der Waals surface area contributed by atoms with E-state index in [9.17, 15) is 14.4 Å². The fourth-order valence-corrected chi connectivity index (χ4v) is 6.00. The predicted molar refractivity (Wildman–Crippen MR) is 144 cm³/mol. The second-order valence-corrected chi connectivity index (χ2v) is 10.0. The molecule has 3 aromatic carbocycles. The Balaban J connectivity index is 1.50. The highest BCUT2D eigenvalue weighted by Crippen LogP contribution is 2.56. The van der Waals surface area contributed by atoms with Gasteiger partial charge in [-0.1, -0.05) is 12.1 Å². The predicted octanol–water partition coefficient (Wildman–Crippen LogP) is 4.20. The summed E-state index contributed by atoms with van der Waals surface area (Å²) in [6.07, 6.45) is -0.887. The Labute approximate surface area is 241 Å². The minimum absolute atomic E-state index is 0.0296. The SMILES string of the molecule is COc1cc([C@@H]2c3cc4c(cc3[C@H](OC(=O)c3ccccc3OC(C)=O)[C@H]3COC(=O)[C@H]23)OCO4)cc(OC)c1OC. The number of para-hydroxylation sites is 1. The Hall–Kier alpha value is -4.93. The number of methoxy groups -OCH3 is 3. The van der Waals surface area contributed by atoms with E-state index < -0.39 is 41.8 Å². The molecule has 0 amide bonds. The van der Waals surface area contributed by atoms with Crippen molar-refractivity contribution in [1.82, 2.24) is 0 Å². The van der Waals surface area contributed by atoms with E-state index >= 15 is 0 Å². The molecule has 2 heterocycles. The summed E-state index contributed by atoms with van der Waals surface area (Å²) in [6.45, 7) is 1.31. The average molecular weight is 577 g/mol. The number of hydrogen-bond acceptors (Lipinski definition) is 11. The van der Waals surface area contributed by atoms with Crippen LogP contribution < -0.4 is 28.4 Å². The van der Waals surface area contributed by atoms with Gasteiger partial charge >= 0.3 is 17.9 Å². The Kier molecular flexibility index (Phi) is 7.01. The maximum absolute atomic E-state index is 13.6. The van der Waals surface area contributed by atoms with Crippen molar-refractivity contribution in [2.75, 3.05) is 34.7 Å². The molecule has 218 valence electrons. The van der Waals surface area contributed by atoms with E-state index in [0.717, 1.165) is 0 Å². The van der Waals surface area contributed by atoms with Gasteiger partial charge in [-0.15, -0.1) is 0 Å². The number of ether oxygens (including phenoxy) is 8. The highest BCUT2D eigenvalue weighted by Gasteiger charge is 2.54. The molecule has 0 saturated carbocycles. The molecule has 11 heteroatoms. The largest absolute Gasteiger partial charge is 0.493 e. The van der Waals surface area contributed by atoms with Crippen molar-refractivity contribution >= 4 is 17.9 Å². The molecule has 0 N–H and O–H groups in total. The molecule has 4 atom stereocenters. The lowest BCUT2D eigenvalue weighted by Gasteiger charge is -2.38. The van der Waals surface area contributed by atoms with Gasteiger partial charge in [0.2, 0.25) is 12.5 Å². The highest BCUT2D eigenvalue weighted by molar-refractivity contribution is 5.93. The fraction of sp³-hybridized carbons (Fsp3) is 0.323. The number of benzene rings is 3. The first-order valence-electron chi connectivity index (χ1n) is 13.2. The van der Waals surface area contributed by atoms with E-state index in [1.54, 1.807) is 36.4 Å². The van der Waals surface area contributed by atoms with Crippen LogP contribution in [0.2, 0.25) is 0 Å². The van der Waals surface area contributed by atoms with Gasteiger partial charge in [0.05, 0.1) is 33.9 Å². The number of hydrogen-bond donors (Lipinski definition) is 0. The molecule has 42 heavy (non-hydrogen) atoms. The third-order valence-electron chi connectivity index (χ3n) is 7.76. The maximum Gasteiger partial charge on any atom is 0.342 e. The standard InChI is InChI=1S/C31H28O11/c1-15(32)41-21-8-6-5-7-17(21)30(33)42-28-19-12-23-22(39-14-40-23)11-18(19)26(27-20(28)13-38-31(27)34)16-9-24(35-2)29(37-4)25(10-16)36-3/h5-12,20,26-28H,13-14H2,1-4H3/t20-,26+,27-,28-/m0/s1. The molecule has 0 unspecified atom stereocenters. The van der Waals surface area contributed by atoms with Gasteiger partial charge in [-0.05, 0) is 47.5 Å². The molecule has 11 nitrogen and oxygen atoms in total. The van der Waals surface area contributed by atoms with Crippen molar-refractivity contribution in [3.63, 3.8) is 0 Å². The maximum atomic E-state index is 13.6. The topological polar surface area (TPSA) is 125 Å². The lowest BCUT2D eigenvalue weighted by atomic mass is 9.66. The molecule has 3 aromatic rings. The smallest absolute Gasteiger partial charge is 0.342 e. The van der Waals surface area contributed by atoms with Crippen molar-refractivity contribution in [1.29, 1.82) is 0 Å². The molecule has 0 spiro atoms. The summed E-state index contributed by atoms with van der Waals surface area (Å²) in [5, 5.41) is 0. The first-order valence-corrected chi connectivity index (χ1v) is 13.2. The van der Waals surface area contributed by atoms with Gasteiger partial charge in [0.25, 0.3) is 0 Å². The summed E-state index contributed by atoms with van der Waals surface area (Å²) in [5.41, 5.74) is 2.11. The first-order chi connectivity index (χ1) is 20.3. The van der Waals surface area contributed by atoms with Crippen molar-refractivity contribution in [3.8, 4) is 34.5 Å². The molecule has 0 aromatic heterocycles. The summed E-state index contributed by atoms with van der Waals surface area (Å²) < 4.78 is 45.0. The van der Waals surface area contributed by atoms with Gasteiger partial charge in [0.15, 0.2) is 23.0 Å². The van der Waals surface area contributed by atoms with Crippen molar-refractivity contribution < 1.29 is 52.3 Å². The van der Waals surface area contributed by atoms with Gasteiger partial charge in [0, 0.05) is 24.3 Å². The Morgan fingerprint density at radius 3 is 2.14 bits per heavy atom. The normalized spacial score (nSPS) is 21.5. The lowest BCUT2D eigenvalue weighted by Crippen LogP contribution is -2.36. The van der Waals surface area contributed by atoms with Crippen LogP contribution in [0.25, 0.3) is 0 Å². The van der Waals surface area contributed by atoms with E-state index in [4.69, 9.17) is 37.9 Å². The average Bonchev–Trinajstić information content (AvgIpc) is 3.61. The van der Waals surface area contributed by atoms with Gasteiger partial charge in [0.1, 0.15) is 17.4 Å². The molecular formula is C31H28O11. The lowest BCUT2D eigenvalue weighted by molar-refractivity contribution is -0.141. The molecule has 1 saturated heterocycles. The number of carbonyl (C=O) groups is 3. The van der Waals surface area contributed by atoms with Gasteiger partial charge in [-0.3, -0.25) is 9.59 Å². The summed E-state index contributed by atoms with van der Waals surface area (Å²) >= 11 is 0. The Morgan fingerprint density at radius 1 is 0.833 bits per heavy atom. The van der Waals surface area contributed by atoms with Crippen LogP contribution in [0.5, 0.6) is 34.5 Å². The summed E-state index contributed by atoms with van der Waals surface area (Å²) in [6, 6.07) is 13.5. The van der Waals surface area contributed by atoms with Crippen LogP contribution >= 0.6 is 0 Å². The van der Waals surface area contributed by atoms with Crippen LogP contribution in [0, 0.1) is 11.8 Å². The van der Waals surface area contributed by atoms with E-state index in [1.165, 1.54) is 40.4 Å². The number of esters is 3. The van der Waals surface area contributed by atoms with Crippen LogP contribution in [-0.4, -0.2) is 52.6 Å².